The van der Waals surface area contributed by atoms with Crippen LogP contribution in [0.3, 0.4) is 0 Å². The van der Waals surface area contributed by atoms with Crippen LogP contribution >= 0.6 is 0 Å². The van der Waals surface area contributed by atoms with Crippen molar-refractivity contribution in [3.8, 4) is 0 Å². The summed E-state index contributed by atoms with van der Waals surface area (Å²) in [6, 6.07) is 0. The first kappa shape index (κ1) is 23.4. The summed E-state index contributed by atoms with van der Waals surface area (Å²) in [5.41, 5.74) is 0. The molecule has 2 atom stereocenters. The predicted molar refractivity (Wildman–Crippen MR) is 98.9 cm³/mol. The Kier molecular flexibility index (Phi) is 16.8. The van der Waals surface area contributed by atoms with E-state index in [1.165, 1.54) is 57.8 Å². The third kappa shape index (κ3) is 13.8. The molecule has 0 rings (SSSR count). The Bertz CT molecular complexity index is 281. The molecule has 0 aliphatic heterocycles. The normalized spacial score (nSPS) is 13.7. The van der Waals surface area contributed by atoms with Crippen molar-refractivity contribution in [2.45, 2.75) is 103 Å². The smallest absolute Gasteiger partial charge is 0.309 e. The Morgan fingerprint density at radius 2 is 1.29 bits per heavy atom. The fourth-order valence-electron chi connectivity index (χ4n) is 2.89. The first-order valence-electron chi connectivity index (χ1n) is 10.1. The molecule has 0 bridgehead atoms. The minimum atomic E-state index is -0.965. The van der Waals surface area contributed by atoms with Gasteiger partial charge < -0.3 is 14.9 Å². The van der Waals surface area contributed by atoms with E-state index in [4.69, 9.17) is 9.84 Å². The highest BCUT2D eigenvalue weighted by Gasteiger charge is 2.20. The van der Waals surface area contributed by atoms with Gasteiger partial charge in [0.25, 0.3) is 0 Å². The molecule has 24 heavy (non-hydrogen) atoms. The molecule has 0 spiro atoms. The van der Waals surface area contributed by atoms with E-state index >= 15 is 0 Å². The van der Waals surface area contributed by atoms with Crippen molar-refractivity contribution >= 4 is 5.97 Å². The molecule has 0 aromatic carbocycles. The molecule has 144 valence electrons. The van der Waals surface area contributed by atoms with Crippen molar-refractivity contribution in [3.05, 3.63) is 0 Å². The molecule has 0 heterocycles. The van der Waals surface area contributed by atoms with Crippen molar-refractivity contribution < 1.29 is 19.7 Å². The summed E-state index contributed by atoms with van der Waals surface area (Å²) >= 11 is 0. The van der Waals surface area contributed by atoms with Crippen LogP contribution in [0.15, 0.2) is 0 Å². The topological polar surface area (TPSA) is 66.8 Å². The van der Waals surface area contributed by atoms with E-state index in [1.54, 1.807) is 0 Å². The number of esters is 1. The van der Waals surface area contributed by atoms with Crippen LogP contribution in [-0.4, -0.2) is 35.5 Å². The Morgan fingerprint density at radius 1 is 0.833 bits per heavy atom. The van der Waals surface area contributed by atoms with E-state index in [1.807, 2.05) is 0 Å². The summed E-state index contributed by atoms with van der Waals surface area (Å²) < 4.78 is 5.18. The summed E-state index contributed by atoms with van der Waals surface area (Å²) in [6.07, 6.45) is 14.1. The maximum atomic E-state index is 12.2. The van der Waals surface area contributed by atoms with Crippen LogP contribution in [0.5, 0.6) is 0 Å². The first-order valence-corrected chi connectivity index (χ1v) is 10.1. The van der Waals surface area contributed by atoms with Gasteiger partial charge in [-0.25, -0.2) is 0 Å². The molecule has 0 radical (unpaired) electrons. The van der Waals surface area contributed by atoms with Crippen molar-refractivity contribution in [1.29, 1.82) is 0 Å². The monoisotopic (exact) mass is 344 g/mol. The quantitative estimate of drug-likeness (QED) is 0.299. The molecule has 0 aromatic rings. The molecule has 0 aromatic heterocycles. The highest BCUT2D eigenvalue weighted by Crippen LogP contribution is 2.20. The lowest BCUT2D eigenvalue weighted by atomic mass is 9.94. The zero-order valence-electron chi connectivity index (χ0n) is 16.0. The van der Waals surface area contributed by atoms with Gasteiger partial charge in [-0.2, -0.15) is 0 Å². The molecule has 0 aliphatic carbocycles. The summed E-state index contributed by atoms with van der Waals surface area (Å²) in [4.78, 5) is 12.2. The van der Waals surface area contributed by atoms with Gasteiger partial charge in [0.05, 0.1) is 12.5 Å². The van der Waals surface area contributed by atoms with E-state index < -0.39 is 6.10 Å². The largest absolute Gasteiger partial charge is 0.463 e. The number of aliphatic hydroxyl groups is 2. The SMILES string of the molecule is CCCCCCCCC(CCCCCCC)C(=O)OCC(O)CO. The lowest BCUT2D eigenvalue weighted by molar-refractivity contribution is -0.152. The van der Waals surface area contributed by atoms with Gasteiger partial charge in [0.1, 0.15) is 12.7 Å². The zero-order chi connectivity index (χ0) is 18.0. The van der Waals surface area contributed by atoms with Gasteiger partial charge >= 0.3 is 5.97 Å². The van der Waals surface area contributed by atoms with Gasteiger partial charge in [-0.15, -0.1) is 0 Å². The van der Waals surface area contributed by atoms with E-state index in [9.17, 15) is 9.90 Å². The predicted octanol–water partition coefficient (Wildman–Crippen LogP) is 4.61. The van der Waals surface area contributed by atoms with Crippen molar-refractivity contribution in [1.82, 2.24) is 0 Å². The van der Waals surface area contributed by atoms with Crippen LogP contribution in [0.1, 0.15) is 97.3 Å². The van der Waals surface area contributed by atoms with E-state index in [-0.39, 0.29) is 25.1 Å². The average Bonchev–Trinajstić information content (AvgIpc) is 2.60. The van der Waals surface area contributed by atoms with Crippen LogP contribution in [0.2, 0.25) is 0 Å². The third-order valence-electron chi connectivity index (χ3n) is 4.52. The Balaban J connectivity index is 4.09. The number of rotatable bonds is 17. The van der Waals surface area contributed by atoms with Crippen LogP contribution in [0.4, 0.5) is 0 Å². The maximum absolute atomic E-state index is 12.2. The van der Waals surface area contributed by atoms with Crippen LogP contribution < -0.4 is 0 Å². The highest BCUT2D eigenvalue weighted by atomic mass is 16.5. The second-order valence-electron chi connectivity index (χ2n) is 6.92. The molecule has 0 saturated carbocycles. The van der Waals surface area contributed by atoms with E-state index in [2.05, 4.69) is 13.8 Å². The number of hydrogen-bond donors (Lipinski definition) is 2. The molecular weight excluding hydrogens is 304 g/mol. The fraction of sp³-hybridized carbons (Fsp3) is 0.950. The van der Waals surface area contributed by atoms with E-state index in [0.717, 1.165) is 25.7 Å². The number of ether oxygens (including phenoxy) is 1. The summed E-state index contributed by atoms with van der Waals surface area (Å²) in [6.45, 7) is 3.95. The molecule has 2 N–H and O–H groups in total. The molecule has 0 amide bonds. The fourth-order valence-corrected chi connectivity index (χ4v) is 2.89. The number of aliphatic hydroxyl groups excluding tert-OH is 2. The zero-order valence-corrected chi connectivity index (χ0v) is 16.0. The molecular formula is C20H40O4. The summed E-state index contributed by atoms with van der Waals surface area (Å²) in [7, 11) is 0. The molecule has 0 aliphatic rings. The van der Waals surface area contributed by atoms with Crippen LogP contribution in [0.25, 0.3) is 0 Å². The molecule has 2 unspecified atom stereocenters. The van der Waals surface area contributed by atoms with Gasteiger partial charge in [-0.1, -0.05) is 84.5 Å². The van der Waals surface area contributed by atoms with E-state index in [0.29, 0.717) is 0 Å². The van der Waals surface area contributed by atoms with Crippen LogP contribution in [-0.2, 0) is 9.53 Å². The first-order chi connectivity index (χ1) is 11.7. The van der Waals surface area contributed by atoms with Crippen LogP contribution in [0, 0.1) is 5.92 Å². The average molecular weight is 345 g/mol. The van der Waals surface area contributed by atoms with Gasteiger partial charge in [0.2, 0.25) is 0 Å². The lowest BCUT2D eigenvalue weighted by Crippen LogP contribution is -2.25. The summed E-state index contributed by atoms with van der Waals surface area (Å²) in [5, 5.41) is 18.1. The summed E-state index contributed by atoms with van der Waals surface area (Å²) in [5.74, 6) is -0.254. The Hall–Kier alpha value is -0.610. The van der Waals surface area contributed by atoms with Gasteiger partial charge in [0.15, 0.2) is 0 Å². The van der Waals surface area contributed by atoms with Crippen molar-refractivity contribution in [2.75, 3.05) is 13.2 Å². The Morgan fingerprint density at radius 3 is 1.75 bits per heavy atom. The molecule has 4 heteroatoms. The third-order valence-corrected chi connectivity index (χ3v) is 4.52. The minimum absolute atomic E-state index is 0.0521. The maximum Gasteiger partial charge on any atom is 0.309 e. The van der Waals surface area contributed by atoms with Gasteiger partial charge in [-0.05, 0) is 12.8 Å². The van der Waals surface area contributed by atoms with Gasteiger partial charge in [-0.3, -0.25) is 4.79 Å². The molecule has 4 nitrogen and oxygen atoms in total. The minimum Gasteiger partial charge on any atom is -0.463 e. The van der Waals surface area contributed by atoms with Gasteiger partial charge in [0, 0.05) is 0 Å². The number of carbonyl (C=O) groups is 1. The standard InChI is InChI=1S/C20H40O4/c1-3-5-7-9-11-13-15-18(14-12-10-8-6-4-2)20(23)24-17-19(22)16-21/h18-19,21-22H,3-17H2,1-2H3. The lowest BCUT2D eigenvalue weighted by Gasteiger charge is -2.17. The van der Waals surface area contributed by atoms with Crippen molar-refractivity contribution in [2.24, 2.45) is 5.92 Å². The second kappa shape index (κ2) is 17.2. The second-order valence-corrected chi connectivity index (χ2v) is 6.92. The number of unbranched alkanes of at least 4 members (excludes halogenated alkanes) is 9. The molecule has 0 saturated heterocycles. The van der Waals surface area contributed by atoms with Crippen molar-refractivity contribution in [3.63, 3.8) is 0 Å². The molecule has 0 fully saturated rings. The number of hydrogen-bond acceptors (Lipinski definition) is 4. The highest BCUT2D eigenvalue weighted by molar-refractivity contribution is 5.72. The Labute approximate surface area is 149 Å². The number of carbonyl (C=O) groups excluding carboxylic acids is 1.